The molecule has 110 valence electrons. The van der Waals surface area contributed by atoms with Gasteiger partial charge < -0.3 is 11.1 Å². The van der Waals surface area contributed by atoms with Gasteiger partial charge >= 0.3 is 0 Å². The van der Waals surface area contributed by atoms with Crippen molar-refractivity contribution in [3.63, 3.8) is 0 Å². The van der Waals surface area contributed by atoms with Crippen LogP contribution in [0.1, 0.15) is 35.7 Å². The van der Waals surface area contributed by atoms with Crippen molar-refractivity contribution in [3.05, 3.63) is 34.3 Å². The Morgan fingerprint density at radius 1 is 1.55 bits per heavy atom. The molecule has 1 atom stereocenters. The number of carbonyl (C=O) groups is 1. The summed E-state index contributed by atoms with van der Waals surface area (Å²) in [5.74, 6) is -0.453. The lowest BCUT2D eigenvalue weighted by Crippen LogP contribution is -2.38. The fourth-order valence-corrected chi connectivity index (χ4v) is 2.49. The minimum Gasteiger partial charge on any atom is -0.366 e. The van der Waals surface area contributed by atoms with E-state index in [1.54, 1.807) is 12.1 Å². The van der Waals surface area contributed by atoms with E-state index in [-0.39, 0.29) is 0 Å². The number of nitrogens with one attached hydrogen (secondary N) is 1. The van der Waals surface area contributed by atoms with Crippen molar-refractivity contribution in [2.45, 2.75) is 38.4 Å². The number of rotatable bonds is 7. The van der Waals surface area contributed by atoms with Crippen molar-refractivity contribution in [2.24, 2.45) is 5.73 Å². The molecule has 3 N–H and O–H groups in total. The maximum absolute atomic E-state index is 11.1. The first-order valence-corrected chi connectivity index (χ1v) is 7.37. The van der Waals surface area contributed by atoms with Crippen molar-refractivity contribution in [2.75, 3.05) is 13.6 Å². The number of halogens is 1. The number of carbonyl (C=O) groups excluding carboxylic acids is 1. The second kappa shape index (κ2) is 6.57. The molecule has 0 heterocycles. The average Bonchev–Trinajstić information content (AvgIpc) is 3.23. The molecule has 1 aliphatic rings. The maximum Gasteiger partial charge on any atom is 0.248 e. The Bertz CT molecular complexity index is 488. The molecule has 4 nitrogen and oxygen atoms in total. The lowest BCUT2D eigenvalue weighted by Gasteiger charge is -2.24. The summed E-state index contributed by atoms with van der Waals surface area (Å²) < 4.78 is 0. The van der Waals surface area contributed by atoms with Gasteiger partial charge in [0.25, 0.3) is 0 Å². The van der Waals surface area contributed by atoms with Crippen molar-refractivity contribution in [1.82, 2.24) is 10.2 Å². The van der Waals surface area contributed by atoms with Crippen LogP contribution in [0.4, 0.5) is 0 Å². The number of amides is 1. The molecular formula is C15H22ClN3O. The zero-order valence-electron chi connectivity index (χ0n) is 12.0. The fraction of sp³-hybridized carbons (Fsp3) is 0.533. The van der Waals surface area contributed by atoms with Gasteiger partial charge in [-0.15, -0.1) is 0 Å². The molecule has 20 heavy (non-hydrogen) atoms. The summed E-state index contributed by atoms with van der Waals surface area (Å²) in [6.07, 6.45) is 2.64. The molecular weight excluding hydrogens is 274 g/mol. The molecule has 1 aromatic rings. The minimum atomic E-state index is -0.453. The van der Waals surface area contributed by atoms with Crippen LogP contribution in [0, 0.1) is 0 Å². The molecule has 1 saturated carbocycles. The standard InChI is InChI=1S/C15H22ClN3O/c1-10(19(2)13-5-6-13)8-18-9-12-4-3-11(15(17)20)7-14(12)16/h3-4,7,10,13,18H,5-6,8-9H2,1-2H3,(H2,17,20). The fourth-order valence-electron chi connectivity index (χ4n) is 2.25. The second-order valence-electron chi connectivity index (χ2n) is 5.55. The Kier molecular flexibility index (Phi) is 5.02. The number of nitrogens with two attached hydrogens (primary N) is 1. The van der Waals surface area contributed by atoms with E-state index < -0.39 is 5.91 Å². The highest BCUT2D eigenvalue weighted by Crippen LogP contribution is 2.26. The van der Waals surface area contributed by atoms with Crippen molar-refractivity contribution < 1.29 is 4.79 Å². The molecule has 1 amide bonds. The summed E-state index contributed by atoms with van der Waals surface area (Å²) in [6.45, 7) is 3.84. The number of nitrogens with zero attached hydrogens (tertiary/aromatic N) is 1. The number of hydrogen-bond acceptors (Lipinski definition) is 3. The van der Waals surface area contributed by atoms with Gasteiger partial charge in [-0.05, 0) is 44.5 Å². The lowest BCUT2D eigenvalue weighted by molar-refractivity contribution is 0.100. The van der Waals surface area contributed by atoms with E-state index >= 15 is 0 Å². The highest BCUT2D eigenvalue weighted by Gasteiger charge is 2.28. The van der Waals surface area contributed by atoms with Crippen LogP contribution in [-0.2, 0) is 6.54 Å². The van der Waals surface area contributed by atoms with Gasteiger partial charge in [0.2, 0.25) is 5.91 Å². The van der Waals surface area contributed by atoms with Gasteiger partial charge in [-0.25, -0.2) is 0 Å². The summed E-state index contributed by atoms with van der Waals surface area (Å²) in [6, 6.07) is 6.47. The molecule has 1 unspecified atom stereocenters. The second-order valence-corrected chi connectivity index (χ2v) is 5.95. The van der Waals surface area contributed by atoms with Crippen LogP contribution in [0.25, 0.3) is 0 Å². The Hall–Kier alpha value is -1.10. The highest BCUT2D eigenvalue weighted by molar-refractivity contribution is 6.31. The molecule has 0 aliphatic heterocycles. The molecule has 0 spiro atoms. The molecule has 1 aromatic carbocycles. The normalized spacial score (nSPS) is 16.4. The molecule has 0 saturated heterocycles. The van der Waals surface area contributed by atoms with E-state index in [2.05, 4.69) is 24.2 Å². The van der Waals surface area contributed by atoms with Crippen molar-refractivity contribution in [1.29, 1.82) is 0 Å². The smallest absolute Gasteiger partial charge is 0.248 e. The van der Waals surface area contributed by atoms with E-state index in [0.29, 0.717) is 23.2 Å². The number of hydrogen-bond donors (Lipinski definition) is 2. The van der Waals surface area contributed by atoms with Gasteiger partial charge in [-0.2, -0.15) is 0 Å². The Morgan fingerprint density at radius 2 is 2.25 bits per heavy atom. The molecule has 0 bridgehead atoms. The first-order valence-electron chi connectivity index (χ1n) is 7.00. The third kappa shape index (κ3) is 3.95. The van der Waals surface area contributed by atoms with E-state index in [1.165, 1.54) is 12.8 Å². The van der Waals surface area contributed by atoms with Gasteiger partial charge in [0, 0.05) is 35.8 Å². The predicted molar refractivity (Wildman–Crippen MR) is 81.9 cm³/mol. The zero-order chi connectivity index (χ0) is 14.7. The predicted octanol–water partition coefficient (Wildman–Crippen LogP) is 2.01. The van der Waals surface area contributed by atoms with E-state index in [9.17, 15) is 4.79 Å². The van der Waals surface area contributed by atoms with E-state index in [4.69, 9.17) is 17.3 Å². The summed E-state index contributed by atoms with van der Waals surface area (Å²) in [7, 11) is 2.18. The topological polar surface area (TPSA) is 58.4 Å². The van der Waals surface area contributed by atoms with E-state index in [1.807, 2.05) is 6.07 Å². The van der Waals surface area contributed by atoms with Crippen LogP contribution in [0.2, 0.25) is 5.02 Å². The first kappa shape index (κ1) is 15.3. The summed E-state index contributed by atoms with van der Waals surface area (Å²) in [4.78, 5) is 13.5. The summed E-state index contributed by atoms with van der Waals surface area (Å²) in [5, 5.41) is 3.99. The van der Waals surface area contributed by atoms with Crippen LogP contribution in [0.5, 0.6) is 0 Å². The quantitative estimate of drug-likeness (QED) is 0.809. The van der Waals surface area contributed by atoms with Crippen molar-refractivity contribution >= 4 is 17.5 Å². The summed E-state index contributed by atoms with van der Waals surface area (Å²) >= 11 is 6.15. The molecule has 0 radical (unpaired) electrons. The Morgan fingerprint density at radius 3 is 2.80 bits per heavy atom. The summed E-state index contributed by atoms with van der Waals surface area (Å²) in [5.41, 5.74) is 6.65. The first-order chi connectivity index (χ1) is 9.49. The number of benzene rings is 1. The highest BCUT2D eigenvalue weighted by atomic mass is 35.5. The third-order valence-electron chi connectivity index (χ3n) is 3.91. The SMILES string of the molecule is CC(CNCc1ccc(C(N)=O)cc1Cl)N(C)C1CC1. The van der Waals surface area contributed by atoms with Gasteiger partial charge in [0.05, 0.1) is 0 Å². The Balaban J connectivity index is 1.83. The van der Waals surface area contributed by atoms with E-state index in [0.717, 1.165) is 18.2 Å². The zero-order valence-corrected chi connectivity index (χ0v) is 12.8. The van der Waals surface area contributed by atoms with Crippen LogP contribution in [-0.4, -0.2) is 36.5 Å². The third-order valence-corrected chi connectivity index (χ3v) is 4.26. The van der Waals surface area contributed by atoms with Gasteiger partial charge in [0.15, 0.2) is 0 Å². The maximum atomic E-state index is 11.1. The van der Waals surface area contributed by atoms with Crippen molar-refractivity contribution in [3.8, 4) is 0 Å². The molecule has 1 fully saturated rings. The van der Waals surface area contributed by atoms with Crippen LogP contribution >= 0.6 is 11.6 Å². The number of likely N-dealkylation sites (N-methyl/N-ethyl adjacent to an activating group) is 1. The number of primary amides is 1. The van der Waals surface area contributed by atoms with Gasteiger partial charge in [0.1, 0.15) is 0 Å². The van der Waals surface area contributed by atoms with Crippen LogP contribution < -0.4 is 11.1 Å². The van der Waals surface area contributed by atoms with Gasteiger partial charge in [-0.3, -0.25) is 9.69 Å². The average molecular weight is 296 g/mol. The lowest BCUT2D eigenvalue weighted by atomic mass is 10.1. The molecule has 1 aliphatic carbocycles. The Labute approximate surface area is 125 Å². The monoisotopic (exact) mass is 295 g/mol. The van der Waals surface area contributed by atoms with Crippen LogP contribution in [0.3, 0.4) is 0 Å². The van der Waals surface area contributed by atoms with Gasteiger partial charge in [-0.1, -0.05) is 17.7 Å². The minimum absolute atomic E-state index is 0.445. The largest absolute Gasteiger partial charge is 0.366 e. The molecule has 2 rings (SSSR count). The van der Waals surface area contributed by atoms with Crippen LogP contribution in [0.15, 0.2) is 18.2 Å². The molecule has 0 aromatic heterocycles. The molecule has 5 heteroatoms.